The van der Waals surface area contributed by atoms with Crippen molar-refractivity contribution in [3.8, 4) is 0 Å². The van der Waals surface area contributed by atoms with Gasteiger partial charge in [0.25, 0.3) is 0 Å². The first-order chi connectivity index (χ1) is 8.65. The van der Waals surface area contributed by atoms with E-state index in [4.69, 9.17) is 10.5 Å². The molecule has 2 rings (SSSR count). The molecule has 19 heavy (non-hydrogen) atoms. The van der Waals surface area contributed by atoms with Gasteiger partial charge < -0.3 is 15.6 Å². The molecular formula is C13H22N2O4. The van der Waals surface area contributed by atoms with E-state index >= 15 is 0 Å². The fourth-order valence-electron chi connectivity index (χ4n) is 3.21. The Morgan fingerprint density at radius 1 is 1.42 bits per heavy atom. The molecule has 0 bridgehead atoms. The van der Waals surface area contributed by atoms with Crippen LogP contribution in [-0.4, -0.2) is 39.4 Å². The molecule has 6 heteroatoms. The summed E-state index contributed by atoms with van der Waals surface area (Å²) in [4.78, 5) is 24.9. The predicted octanol–water partition coefficient (Wildman–Crippen LogP) is 1.54. The Morgan fingerprint density at radius 2 is 2.05 bits per heavy atom. The lowest BCUT2D eigenvalue weighted by atomic mass is 9.97. The number of nitrogens with two attached hydrogens (primary N) is 1. The molecule has 0 spiro atoms. The maximum absolute atomic E-state index is 12.3. The van der Waals surface area contributed by atoms with Gasteiger partial charge in [0.2, 0.25) is 0 Å². The molecule has 1 saturated carbocycles. The molecule has 0 radical (unpaired) electrons. The number of hydrogen-bond acceptors (Lipinski definition) is 4. The average Bonchev–Trinajstić information content (AvgIpc) is 2.67. The van der Waals surface area contributed by atoms with Gasteiger partial charge in [0.1, 0.15) is 11.6 Å². The molecule has 0 aromatic heterocycles. The molecule has 108 valence electrons. The quantitative estimate of drug-likeness (QED) is 0.753. The monoisotopic (exact) mass is 270 g/mol. The number of rotatable bonds is 1. The van der Waals surface area contributed by atoms with Crippen LogP contribution < -0.4 is 5.73 Å². The van der Waals surface area contributed by atoms with E-state index < -0.39 is 29.4 Å². The molecule has 6 nitrogen and oxygen atoms in total. The number of carbonyl (C=O) groups is 2. The van der Waals surface area contributed by atoms with Crippen LogP contribution >= 0.6 is 0 Å². The zero-order chi connectivity index (χ0) is 14.4. The third-order valence-corrected chi connectivity index (χ3v) is 3.98. The number of amides is 1. The van der Waals surface area contributed by atoms with Gasteiger partial charge in [-0.25, -0.2) is 9.59 Å². The van der Waals surface area contributed by atoms with Crippen LogP contribution in [0.5, 0.6) is 0 Å². The number of fused-ring (bicyclic) bond motifs is 1. The van der Waals surface area contributed by atoms with Crippen molar-refractivity contribution < 1.29 is 19.4 Å². The number of hydrogen-bond donors (Lipinski definition) is 2. The van der Waals surface area contributed by atoms with Gasteiger partial charge in [0.05, 0.1) is 5.66 Å². The second kappa shape index (κ2) is 4.37. The van der Waals surface area contributed by atoms with Crippen LogP contribution in [0.2, 0.25) is 0 Å². The highest BCUT2D eigenvalue weighted by Crippen LogP contribution is 2.47. The van der Waals surface area contributed by atoms with Gasteiger partial charge >= 0.3 is 12.1 Å². The molecule has 2 aliphatic rings. The number of carboxylic acids is 1. The van der Waals surface area contributed by atoms with E-state index in [1.54, 1.807) is 20.8 Å². The molecule has 1 saturated heterocycles. The minimum Gasteiger partial charge on any atom is -0.480 e. The molecule has 1 heterocycles. The smallest absolute Gasteiger partial charge is 0.412 e. The Hall–Kier alpha value is -1.30. The Balaban J connectivity index is 2.27. The van der Waals surface area contributed by atoms with E-state index in [0.717, 1.165) is 12.8 Å². The van der Waals surface area contributed by atoms with Gasteiger partial charge in [-0.1, -0.05) is 0 Å². The molecule has 1 aliphatic carbocycles. The molecule has 1 aliphatic heterocycles. The Bertz CT molecular complexity index is 404. The number of likely N-dealkylation sites (tertiary alicyclic amines) is 1. The highest BCUT2D eigenvalue weighted by Gasteiger charge is 2.58. The third-order valence-electron chi connectivity index (χ3n) is 3.98. The molecule has 3 N–H and O–H groups in total. The van der Waals surface area contributed by atoms with Gasteiger partial charge in [-0.3, -0.25) is 4.90 Å². The summed E-state index contributed by atoms with van der Waals surface area (Å²) < 4.78 is 5.32. The third kappa shape index (κ3) is 2.41. The minimum absolute atomic E-state index is 0.0566. The van der Waals surface area contributed by atoms with E-state index in [1.165, 1.54) is 4.90 Å². The minimum atomic E-state index is -1.01. The van der Waals surface area contributed by atoms with Crippen molar-refractivity contribution in [2.75, 3.05) is 0 Å². The highest BCUT2D eigenvalue weighted by atomic mass is 16.6. The molecule has 2 fully saturated rings. The van der Waals surface area contributed by atoms with Crippen molar-refractivity contribution in [1.29, 1.82) is 0 Å². The lowest BCUT2D eigenvalue weighted by Gasteiger charge is -2.37. The fraction of sp³-hybridized carbons (Fsp3) is 0.846. The standard InChI is InChI=1S/C13H22N2O4/c1-12(2,3)19-11(18)15-9(10(16)17)7-8-5-4-6-13(8,15)14/h8-9H,4-7,14H2,1-3H3,(H,16,17)/t8?,9-,13-/m0/s1. The zero-order valence-corrected chi connectivity index (χ0v) is 11.7. The van der Waals surface area contributed by atoms with E-state index in [-0.39, 0.29) is 5.92 Å². The largest absolute Gasteiger partial charge is 0.480 e. The second-order valence-corrected chi connectivity index (χ2v) is 6.52. The van der Waals surface area contributed by atoms with Gasteiger partial charge in [-0.2, -0.15) is 0 Å². The first-order valence-corrected chi connectivity index (χ1v) is 6.69. The van der Waals surface area contributed by atoms with Gasteiger partial charge in [-0.05, 0) is 52.4 Å². The van der Waals surface area contributed by atoms with Crippen LogP contribution in [0.3, 0.4) is 0 Å². The number of aliphatic carboxylic acids is 1. The van der Waals surface area contributed by atoms with E-state index in [1.807, 2.05) is 0 Å². The predicted molar refractivity (Wildman–Crippen MR) is 68.4 cm³/mol. The summed E-state index contributed by atoms with van der Waals surface area (Å²) in [6.45, 7) is 5.27. The van der Waals surface area contributed by atoms with Crippen molar-refractivity contribution in [2.45, 2.75) is 63.8 Å². The molecule has 1 unspecified atom stereocenters. The van der Waals surface area contributed by atoms with Crippen LogP contribution in [-0.2, 0) is 9.53 Å². The van der Waals surface area contributed by atoms with Gasteiger partial charge in [0, 0.05) is 0 Å². The first kappa shape index (κ1) is 14.1. The Morgan fingerprint density at radius 3 is 2.58 bits per heavy atom. The normalized spacial score (nSPS) is 34.2. The molecule has 3 atom stereocenters. The van der Waals surface area contributed by atoms with E-state index in [0.29, 0.717) is 12.8 Å². The number of nitrogens with zero attached hydrogens (tertiary/aromatic N) is 1. The highest BCUT2D eigenvalue weighted by molar-refractivity contribution is 5.82. The van der Waals surface area contributed by atoms with Crippen molar-refractivity contribution in [1.82, 2.24) is 4.90 Å². The van der Waals surface area contributed by atoms with Gasteiger partial charge in [-0.15, -0.1) is 0 Å². The lowest BCUT2D eigenvalue weighted by Crippen LogP contribution is -2.59. The summed E-state index contributed by atoms with van der Waals surface area (Å²) in [5.41, 5.74) is 4.80. The topological polar surface area (TPSA) is 92.9 Å². The maximum Gasteiger partial charge on any atom is 0.412 e. The molecular weight excluding hydrogens is 248 g/mol. The summed E-state index contributed by atoms with van der Waals surface area (Å²) in [5, 5.41) is 9.30. The fourth-order valence-corrected chi connectivity index (χ4v) is 3.21. The van der Waals surface area contributed by atoms with Crippen molar-refractivity contribution in [2.24, 2.45) is 11.7 Å². The summed E-state index contributed by atoms with van der Waals surface area (Å²) in [6.07, 6.45) is 2.24. The zero-order valence-electron chi connectivity index (χ0n) is 11.7. The number of carbonyl (C=O) groups excluding carboxylic acids is 1. The van der Waals surface area contributed by atoms with Crippen LogP contribution in [0, 0.1) is 5.92 Å². The van der Waals surface area contributed by atoms with Crippen LogP contribution in [0.4, 0.5) is 4.79 Å². The van der Waals surface area contributed by atoms with Crippen LogP contribution in [0.25, 0.3) is 0 Å². The molecule has 0 aromatic rings. The summed E-state index contributed by atoms with van der Waals surface area (Å²) in [5.74, 6) is -0.953. The SMILES string of the molecule is CC(C)(C)OC(=O)N1[C@H](C(=O)O)CC2CCC[C@@]21N. The molecule has 1 amide bonds. The summed E-state index contributed by atoms with van der Waals surface area (Å²) >= 11 is 0. The van der Waals surface area contributed by atoms with Crippen molar-refractivity contribution in [3.63, 3.8) is 0 Å². The summed E-state index contributed by atoms with van der Waals surface area (Å²) in [7, 11) is 0. The van der Waals surface area contributed by atoms with Gasteiger partial charge in [0.15, 0.2) is 0 Å². The Labute approximate surface area is 112 Å². The van der Waals surface area contributed by atoms with Crippen LogP contribution in [0.1, 0.15) is 46.5 Å². The maximum atomic E-state index is 12.3. The summed E-state index contributed by atoms with van der Waals surface area (Å²) in [6, 6.07) is -0.870. The first-order valence-electron chi connectivity index (χ1n) is 6.69. The molecule has 0 aromatic carbocycles. The van der Waals surface area contributed by atoms with Crippen molar-refractivity contribution in [3.05, 3.63) is 0 Å². The van der Waals surface area contributed by atoms with Crippen LogP contribution in [0.15, 0.2) is 0 Å². The average molecular weight is 270 g/mol. The lowest BCUT2D eigenvalue weighted by molar-refractivity contribution is -0.143. The second-order valence-electron chi connectivity index (χ2n) is 6.52. The number of ether oxygens (including phenoxy) is 1. The van der Waals surface area contributed by atoms with Crippen molar-refractivity contribution >= 4 is 12.1 Å². The van der Waals surface area contributed by atoms with E-state index in [2.05, 4.69) is 0 Å². The Kier molecular flexibility index (Phi) is 3.24. The van der Waals surface area contributed by atoms with E-state index in [9.17, 15) is 14.7 Å². The number of carboxylic acid groups (broad SMARTS) is 1.